The average molecular weight is 343 g/mol. The molecule has 25 heavy (non-hydrogen) atoms. The van der Waals surface area contributed by atoms with Crippen LogP contribution in [-0.2, 0) is 0 Å². The molecule has 0 aliphatic carbocycles. The highest BCUT2D eigenvalue weighted by molar-refractivity contribution is 5.64. The number of fused-ring (bicyclic) bond motifs is 1. The fourth-order valence-corrected chi connectivity index (χ4v) is 3.25. The molecule has 1 fully saturated rings. The van der Waals surface area contributed by atoms with Gasteiger partial charge in [-0.05, 0) is 18.2 Å². The molecule has 2 aliphatic heterocycles. The zero-order valence-corrected chi connectivity index (χ0v) is 14.0. The molecule has 4 rings (SSSR count). The highest BCUT2D eigenvalue weighted by Crippen LogP contribution is 2.31. The molecule has 2 aromatic rings. The zero-order chi connectivity index (χ0) is 17.4. The molecule has 0 unspecified atom stereocenters. The topological polar surface area (TPSA) is 52.9 Å². The number of alkyl halides is 2. The number of nitrogens with one attached hydrogen (secondary N) is 1. The second-order valence-corrected chi connectivity index (χ2v) is 6.31. The van der Waals surface area contributed by atoms with Crippen molar-refractivity contribution in [2.75, 3.05) is 43.4 Å². The minimum atomic E-state index is -2.59. The Morgan fingerprint density at radius 3 is 2.56 bits per heavy atom. The maximum absolute atomic E-state index is 13.4. The number of anilines is 2. The van der Waals surface area contributed by atoms with Gasteiger partial charge in [0.1, 0.15) is 5.36 Å². The lowest BCUT2D eigenvalue weighted by Crippen LogP contribution is -2.33. The molecule has 1 N–H and O–H groups in total. The van der Waals surface area contributed by atoms with E-state index >= 15 is 0 Å². The van der Waals surface area contributed by atoms with Crippen LogP contribution in [0, 0.1) is 0 Å². The normalized spacial score (nSPS) is 18.3. The van der Waals surface area contributed by atoms with Crippen LogP contribution in [-0.4, -0.2) is 44.1 Å². The van der Waals surface area contributed by atoms with E-state index in [2.05, 4.69) is 20.3 Å². The molecule has 0 spiro atoms. The van der Waals surface area contributed by atoms with E-state index in [4.69, 9.17) is 0 Å². The van der Waals surface area contributed by atoms with Gasteiger partial charge < -0.3 is 10.2 Å². The first-order valence-electron chi connectivity index (χ1n) is 8.37. The number of hydrogen-bond donors (Lipinski definition) is 1. The zero-order valence-electron chi connectivity index (χ0n) is 14.0. The van der Waals surface area contributed by atoms with Crippen LogP contribution in [0.3, 0.4) is 0 Å². The van der Waals surface area contributed by atoms with Crippen molar-refractivity contribution >= 4 is 11.5 Å². The van der Waals surface area contributed by atoms with Crippen molar-refractivity contribution in [3.63, 3.8) is 0 Å². The van der Waals surface area contributed by atoms with Crippen LogP contribution < -0.4 is 20.9 Å². The third-order valence-electron chi connectivity index (χ3n) is 4.56. The summed E-state index contributed by atoms with van der Waals surface area (Å²) in [5.41, 5.74) is 2.53. The van der Waals surface area contributed by atoms with E-state index in [1.165, 1.54) is 0 Å². The first-order chi connectivity index (χ1) is 12.1. The van der Waals surface area contributed by atoms with E-state index in [1.807, 2.05) is 37.4 Å². The molecule has 7 heteroatoms. The largest absolute Gasteiger partial charge is 0.371 e. The van der Waals surface area contributed by atoms with E-state index in [1.54, 1.807) is 4.90 Å². The molecular formula is C18H19F2N5. The summed E-state index contributed by atoms with van der Waals surface area (Å²) in [6.07, 6.45) is -0.0857. The third-order valence-corrected chi connectivity index (χ3v) is 4.56. The van der Waals surface area contributed by atoms with Gasteiger partial charge in [-0.25, -0.2) is 13.8 Å². The number of hydrogen-bond acceptors (Lipinski definition) is 5. The maximum Gasteiger partial charge on any atom is 0.266 e. The third kappa shape index (κ3) is 3.06. The Kier molecular flexibility index (Phi) is 3.86. The number of aromatic nitrogens is 1. The Balaban J connectivity index is 1.67. The van der Waals surface area contributed by atoms with Crippen molar-refractivity contribution in [1.82, 2.24) is 4.98 Å². The van der Waals surface area contributed by atoms with Gasteiger partial charge in [-0.15, -0.1) is 0 Å². The molecule has 5 nitrogen and oxygen atoms in total. The summed E-state index contributed by atoms with van der Waals surface area (Å²) in [4.78, 5) is 15.3. The van der Waals surface area contributed by atoms with E-state index in [9.17, 15) is 8.78 Å². The standard InChI is InChI=1S/C18H19F2N5/c1-21-17-16-15(22-7-8-23-16)10-14(24-17)12-2-4-13(5-3-12)25-9-6-18(19,20)11-25/h2-5,10H,6-9,11H2,1H3,(H,21,24). The van der Waals surface area contributed by atoms with Gasteiger partial charge in [0.15, 0.2) is 5.82 Å². The predicted molar refractivity (Wildman–Crippen MR) is 93.0 cm³/mol. The smallest absolute Gasteiger partial charge is 0.266 e. The lowest BCUT2D eigenvalue weighted by atomic mass is 10.1. The van der Waals surface area contributed by atoms with Crippen molar-refractivity contribution in [2.45, 2.75) is 12.3 Å². The van der Waals surface area contributed by atoms with Crippen LogP contribution in [0.15, 0.2) is 40.3 Å². The Morgan fingerprint density at radius 1 is 1.12 bits per heavy atom. The molecule has 2 aliphatic rings. The van der Waals surface area contributed by atoms with Crippen molar-refractivity contribution < 1.29 is 8.78 Å². The second kappa shape index (κ2) is 6.06. The highest BCUT2D eigenvalue weighted by atomic mass is 19.3. The molecule has 1 aromatic heterocycles. The van der Waals surface area contributed by atoms with Crippen molar-refractivity contribution in [3.8, 4) is 11.3 Å². The van der Waals surface area contributed by atoms with Gasteiger partial charge in [0.2, 0.25) is 0 Å². The van der Waals surface area contributed by atoms with Crippen LogP contribution >= 0.6 is 0 Å². The Hall–Kier alpha value is -2.57. The molecule has 0 amide bonds. The van der Waals surface area contributed by atoms with Crippen LogP contribution in [0.25, 0.3) is 11.3 Å². The Morgan fingerprint density at radius 2 is 1.88 bits per heavy atom. The molecule has 0 atom stereocenters. The molecule has 0 radical (unpaired) electrons. The van der Waals surface area contributed by atoms with Crippen molar-refractivity contribution in [2.24, 2.45) is 9.98 Å². The molecule has 0 bridgehead atoms. The summed E-state index contributed by atoms with van der Waals surface area (Å²) in [7, 11) is 1.81. The van der Waals surface area contributed by atoms with Gasteiger partial charge in [-0.2, -0.15) is 0 Å². The highest BCUT2D eigenvalue weighted by Gasteiger charge is 2.38. The van der Waals surface area contributed by atoms with Gasteiger partial charge in [0.25, 0.3) is 5.92 Å². The van der Waals surface area contributed by atoms with Crippen molar-refractivity contribution in [3.05, 3.63) is 41.0 Å². The Labute approximate surface area is 144 Å². The molecule has 3 heterocycles. The van der Waals surface area contributed by atoms with Crippen LogP contribution in [0.5, 0.6) is 0 Å². The predicted octanol–water partition coefficient (Wildman–Crippen LogP) is 1.89. The minimum absolute atomic E-state index is 0.0857. The lowest BCUT2D eigenvalue weighted by molar-refractivity contribution is 0.0257. The van der Waals surface area contributed by atoms with E-state index < -0.39 is 5.92 Å². The summed E-state index contributed by atoms with van der Waals surface area (Å²) >= 11 is 0. The number of pyridine rings is 1. The van der Waals surface area contributed by atoms with Gasteiger partial charge in [-0.1, -0.05) is 12.1 Å². The summed E-state index contributed by atoms with van der Waals surface area (Å²) in [6, 6.07) is 9.51. The first kappa shape index (κ1) is 15.9. The van der Waals surface area contributed by atoms with Crippen molar-refractivity contribution in [1.29, 1.82) is 0 Å². The SMILES string of the molecule is CNc1nc(-c2ccc(N3CCC(F)(F)C3)cc2)cc2c1=NCCN=2. The first-order valence-corrected chi connectivity index (χ1v) is 8.37. The minimum Gasteiger partial charge on any atom is -0.371 e. The number of nitrogens with zero attached hydrogens (tertiary/aromatic N) is 4. The van der Waals surface area contributed by atoms with Crippen LogP contribution in [0.1, 0.15) is 6.42 Å². The number of benzene rings is 1. The molecule has 130 valence electrons. The average Bonchev–Trinajstić information content (AvgIpc) is 3.00. The molecule has 1 saturated heterocycles. The van der Waals surface area contributed by atoms with Gasteiger partial charge >= 0.3 is 0 Å². The fourth-order valence-electron chi connectivity index (χ4n) is 3.25. The molecule has 0 saturated carbocycles. The quantitative estimate of drug-likeness (QED) is 0.926. The number of halogens is 2. The lowest BCUT2D eigenvalue weighted by Gasteiger charge is -2.18. The van der Waals surface area contributed by atoms with Crippen LogP contribution in [0.2, 0.25) is 0 Å². The Bertz CT molecular complexity index is 908. The van der Waals surface area contributed by atoms with Gasteiger partial charge in [0, 0.05) is 31.3 Å². The summed E-state index contributed by atoms with van der Waals surface area (Å²) in [5.74, 6) is -1.88. The van der Waals surface area contributed by atoms with Gasteiger partial charge in [-0.3, -0.25) is 9.98 Å². The van der Waals surface area contributed by atoms with Gasteiger partial charge in [0.05, 0.1) is 30.7 Å². The molecular weight excluding hydrogens is 324 g/mol. The number of rotatable bonds is 3. The summed E-state index contributed by atoms with van der Waals surface area (Å²) in [5, 5.41) is 4.71. The van der Waals surface area contributed by atoms with Crippen LogP contribution in [0.4, 0.5) is 20.3 Å². The van der Waals surface area contributed by atoms with E-state index in [-0.39, 0.29) is 13.0 Å². The van der Waals surface area contributed by atoms with E-state index in [0.29, 0.717) is 25.5 Å². The summed E-state index contributed by atoms with van der Waals surface area (Å²) < 4.78 is 26.8. The second-order valence-electron chi connectivity index (χ2n) is 6.31. The maximum atomic E-state index is 13.4. The fraction of sp³-hybridized carbons (Fsp3) is 0.389. The molecule has 1 aromatic carbocycles. The summed E-state index contributed by atoms with van der Waals surface area (Å²) in [6.45, 7) is 1.53. The monoisotopic (exact) mass is 343 g/mol. The van der Waals surface area contributed by atoms with E-state index in [0.717, 1.165) is 27.7 Å².